The van der Waals surface area contributed by atoms with Crippen LogP contribution in [0.25, 0.3) is 22.3 Å². The number of hydrogen-bond donors (Lipinski definition) is 0. The summed E-state index contributed by atoms with van der Waals surface area (Å²) in [6.07, 6.45) is 3.54. The van der Waals surface area contributed by atoms with Crippen molar-refractivity contribution in [3.05, 3.63) is 41.1 Å². The summed E-state index contributed by atoms with van der Waals surface area (Å²) >= 11 is 1.66. The quantitative estimate of drug-likeness (QED) is 0.645. The average Bonchev–Trinajstić information content (AvgIpc) is 3.35. The second kappa shape index (κ2) is 8.70. The molecule has 4 heterocycles. The first-order chi connectivity index (χ1) is 14.8. The van der Waals surface area contributed by atoms with Crippen molar-refractivity contribution >= 4 is 34.0 Å². The summed E-state index contributed by atoms with van der Waals surface area (Å²) in [5.41, 5.74) is 2.05. The minimum Gasteiger partial charge on any atom is -0.353 e. The van der Waals surface area contributed by atoms with E-state index in [2.05, 4.69) is 38.8 Å². The lowest BCUT2D eigenvalue weighted by molar-refractivity contribution is -0.133. The maximum Gasteiger partial charge on any atom is 0.236 e. The molecule has 2 aliphatic heterocycles. The van der Waals surface area contributed by atoms with E-state index in [4.69, 9.17) is 9.97 Å². The molecular weight excluding hydrogens is 394 g/mol. The molecule has 3 aromatic rings. The van der Waals surface area contributed by atoms with Crippen molar-refractivity contribution in [2.24, 2.45) is 0 Å². The zero-order valence-corrected chi connectivity index (χ0v) is 18.0. The first-order valence-electron chi connectivity index (χ1n) is 10.8. The Morgan fingerprint density at radius 1 is 0.933 bits per heavy atom. The van der Waals surface area contributed by atoms with Crippen LogP contribution in [0.4, 0.5) is 5.82 Å². The van der Waals surface area contributed by atoms with Gasteiger partial charge in [0.05, 0.1) is 12.1 Å². The molecule has 2 aliphatic rings. The Kier molecular flexibility index (Phi) is 5.64. The van der Waals surface area contributed by atoms with E-state index in [0.29, 0.717) is 6.54 Å². The molecular formula is C23H27N5OS. The molecule has 2 saturated heterocycles. The van der Waals surface area contributed by atoms with Gasteiger partial charge in [-0.05, 0) is 42.8 Å². The van der Waals surface area contributed by atoms with Crippen molar-refractivity contribution in [2.75, 3.05) is 50.7 Å². The number of aromatic nitrogens is 2. The predicted molar refractivity (Wildman–Crippen MR) is 122 cm³/mol. The lowest BCUT2D eigenvalue weighted by Gasteiger charge is -2.37. The lowest BCUT2D eigenvalue weighted by atomic mass is 10.1. The number of fused-ring (bicyclic) bond motifs is 1. The van der Waals surface area contributed by atoms with Gasteiger partial charge in [0, 0.05) is 55.6 Å². The number of hydrogen-bond acceptors (Lipinski definition) is 6. The Morgan fingerprint density at radius 3 is 2.50 bits per heavy atom. The van der Waals surface area contributed by atoms with Gasteiger partial charge in [-0.15, -0.1) is 0 Å². The molecule has 0 radical (unpaired) electrons. The van der Waals surface area contributed by atoms with E-state index < -0.39 is 0 Å². The zero-order chi connectivity index (χ0) is 20.3. The Bertz CT molecular complexity index is 1010. The fourth-order valence-electron chi connectivity index (χ4n) is 4.37. The highest BCUT2D eigenvalue weighted by Crippen LogP contribution is 2.29. The molecule has 5 rings (SSSR count). The molecule has 6 nitrogen and oxygen atoms in total. The predicted octanol–water partition coefficient (Wildman–Crippen LogP) is 3.49. The number of carbonyl (C=O) groups excluding carboxylic acids is 1. The van der Waals surface area contributed by atoms with Gasteiger partial charge in [0.1, 0.15) is 5.82 Å². The summed E-state index contributed by atoms with van der Waals surface area (Å²) < 4.78 is 0. The fourth-order valence-corrected chi connectivity index (χ4v) is 5.01. The Morgan fingerprint density at radius 2 is 1.73 bits per heavy atom. The number of piperazine rings is 1. The summed E-state index contributed by atoms with van der Waals surface area (Å²) in [5.74, 6) is 2.08. The number of rotatable bonds is 4. The smallest absolute Gasteiger partial charge is 0.236 e. The summed E-state index contributed by atoms with van der Waals surface area (Å²) in [6, 6.07) is 10.3. The highest BCUT2D eigenvalue weighted by atomic mass is 32.1. The van der Waals surface area contributed by atoms with Crippen LogP contribution >= 0.6 is 11.3 Å². The van der Waals surface area contributed by atoms with E-state index in [1.165, 1.54) is 6.42 Å². The van der Waals surface area contributed by atoms with Crippen molar-refractivity contribution in [3.8, 4) is 11.4 Å². The van der Waals surface area contributed by atoms with Gasteiger partial charge in [-0.25, -0.2) is 9.97 Å². The van der Waals surface area contributed by atoms with E-state index in [-0.39, 0.29) is 5.91 Å². The molecule has 1 aromatic carbocycles. The van der Waals surface area contributed by atoms with Crippen LogP contribution < -0.4 is 4.90 Å². The number of benzene rings is 1. The Balaban J connectivity index is 1.31. The number of thiophene rings is 1. The molecule has 0 spiro atoms. The monoisotopic (exact) mass is 421 g/mol. The molecule has 0 bridgehead atoms. The van der Waals surface area contributed by atoms with Gasteiger partial charge in [0.2, 0.25) is 5.91 Å². The van der Waals surface area contributed by atoms with Crippen molar-refractivity contribution in [2.45, 2.75) is 19.3 Å². The van der Waals surface area contributed by atoms with Crippen LogP contribution in [0.3, 0.4) is 0 Å². The average molecular weight is 422 g/mol. The maximum atomic E-state index is 12.6. The first-order valence-corrected chi connectivity index (χ1v) is 11.8. The summed E-state index contributed by atoms with van der Waals surface area (Å²) in [7, 11) is 0. The van der Waals surface area contributed by atoms with Gasteiger partial charge in [-0.3, -0.25) is 9.69 Å². The number of carbonyl (C=O) groups is 1. The number of para-hydroxylation sites is 1. The standard InChI is InChI=1S/C23H27N5OS/c29-21(27-9-4-1-5-10-27)16-26-11-13-28(14-12-26)23-19-6-2-3-7-20(19)24-22(25-23)18-8-15-30-17-18/h2-3,6-8,15,17H,1,4-5,9-14,16H2. The maximum absolute atomic E-state index is 12.6. The summed E-state index contributed by atoms with van der Waals surface area (Å²) in [5, 5.41) is 5.25. The molecule has 156 valence electrons. The van der Waals surface area contributed by atoms with E-state index in [9.17, 15) is 4.79 Å². The number of anilines is 1. The molecule has 0 saturated carbocycles. The van der Waals surface area contributed by atoms with Gasteiger partial charge in [-0.1, -0.05) is 12.1 Å². The van der Waals surface area contributed by atoms with E-state index in [1.807, 2.05) is 17.0 Å². The molecule has 30 heavy (non-hydrogen) atoms. The number of piperidine rings is 1. The van der Waals surface area contributed by atoms with Crippen molar-refractivity contribution in [3.63, 3.8) is 0 Å². The fraction of sp³-hybridized carbons (Fsp3) is 0.435. The second-order valence-electron chi connectivity index (χ2n) is 8.10. The Labute approximate surface area is 181 Å². The van der Waals surface area contributed by atoms with Gasteiger partial charge < -0.3 is 9.80 Å². The van der Waals surface area contributed by atoms with Crippen LogP contribution in [0.2, 0.25) is 0 Å². The van der Waals surface area contributed by atoms with E-state index in [0.717, 1.165) is 80.2 Å². The largest absolute Gasteiger partial charge is 0.353 e. The molecule has 1 amide bonds. The molecule has 2 fully saturated rings. The van der Waals surface area contributed by atoms with Crippen LogP contribution in [0.5, 0.6) is 0 Å². The highest BCUT2D eigenvalue weighted by Gasteiger charge is 2.24. The van der Waals surface area contributed by atoms with Gasteiger partial charge in [0.15, 0.2) is 5.82 Å². The third kappa shape index (κ3) is 4.04. The highest BCUT2D eigenvalue weighted by molar-refractivity contribution is 7.08. The van der Waals surface area contributed by atoms with Crippen LogP contribution in [0.1, 0.15) is 19.3 Å². The van der Waals surface area contributed by atoms with Gasteiger partial charge in [0.25, 0.3) is 0 Å². The molecule has 0 N–H and O–H groups in total. The summed E-state index contributed by atoms with van der Waals surface area (Å²) in [6.45, 7) is 5.90. The molecule has 0 atom stereocenters. The van der Waals surface area contributed by atoms with Crippen molar-refractivity contribution in [1.82, 2.24) is 19.8 Å². The molecule has 7 heteroatoms. The third-order valence-electron chi connectivity index (χ3n) is 6.10. The molecule has 2 aromatic heterocycles. The van der Waals surface area contributed by atoms with Crippen LogP contribution in [-0.2, 0) is 4.79 Å². The lowest BCUT2D eigenvalue weighted by Crippen LogP contribution is -2.51. The number of likely N-dealkylation sites (tertiary alicyclic amines) is 1. The molecule has 0 unspecified atom stereocenters. The van der Waals surface area contributed by atoms with E-state index >= 15 is 0 Å². The number of amides is 1. The van der Waals surface area contributed by atoms with Crippen molar-refractivity contribution in [1.29, 1.82) is 0 Å². The minimum absolute atomic E-state index is 0.287. The van der Waals surface area contributed by atoms with E-state index in [1.54, 1.807) is 11.3 Å². The van der Waals surface area contributed by atoms with Crippen LogP contribution in [0, 0.1) is 0 Å². The van der Waals surface area contributed by atoms with Crippen LogP contribution in [0.15, 0.2) is 41.1 Å². The minimum atomic E-state index is 0.287. The van der Waals surface area contributed by atoms with Crippen LogP contribution in [-0.4, -0.2) is 71.5 Å². The van der Waals surface area contributed by atoms with Gasteiger partial charge >= 0.3 is 0 Å². The number of nitrogens with zero attached hydrogens (tertiary/aromatic N) is 5. The SMILES string of the molecule is O=C(CN1CCN(c2nc(-c3ccsc3)nc3ccccc23)CC1)N1CCCCC1. The van der Waals surface area contributed by atoms with Crippen molar-refractivity contribution < 1.29 is 4.79 Å². The normalized spacial score (nSPS) is 18.1. The zero-order valence-electron chi connectivity index (χ0n) is 17.2. The molecule has 0 aliphatic carbocycles. The topological polar surface area (TPSA) is 52.6 Å². The first kappa shape index (κ1) is 19.5. The van der Waals surface area contributed by atoms with Gasteiger partial charge in [-0.2, -0.15) is 11.3 Å². The third-order valence-corrected chi connectivity index (χ3v) is 6.79. The Hall–Kier alpha value is -2.51. The second-order valence-corrected chi connectivity index (χ2v) is 8.88. The summed E-state index contributed by atoms with van der Waals surface area (Å²) in [4.78, 5) is 29.0.